The van der Waals surface area contributed by atoms with Crippen LogP contribution in [-0.2, 0) is 11.2 Å². The van der Waals surface area contributed by atoms with Gasteiger partial charge in [0.1, 0.15) is 5.82 Å². The Morgan fingerprint density at radius 3 is 2.69 bits per heavy atom. The Labute approximate surface area is 104 Å². The molecule has 0 saturated carbocycles. The van der Waals surface area contributed by atoms with E-state index in [-0.39, 0.29) is 11.4 Å². The van der Waals surface area contributed by atoms with Gasteiger partial charge in [0.15, 0.2) is 0 Å². The van der Waals surface area contributed by atoms with Crippen molar-refractivity contribution in [3.05, 3.63) is 34.1 Å². The molecule has 1 unspecified atom stereocenters. The zero-order valence-corrected chi connectivity index (χ0v) is 11.2. The van der Waals surface area contributed by atoms with Gasteiger partial charge in [-0.2, -0.15) is 0 Å². The Hall–Kier alpha value is -0.450. The molecule has 2 nitrogen and oxygen atoms in total. The molecule has 1 rings (SSSR count). The number of methoxy groups -OCH3 is 1. The minimum Gasteiger partial charge on any atom is -0.383 e. The summed E-state index contributed by atoms with van der Waals surface area (Å²) in [5.74, 6) is -0.255. The second-order valence-corrected chi connectivity index (χ2v) is 4.93. The Kier molecular flexibility index (Phi) is 4.89. The Balaban J connectivity index is 2.81. The predicted molar refractivity (Wildman–Crippen MR) is 66.9 cm³/mol. The van der Waals surface area contributed by atoms with Crippen molar-refractivity contribution >= 4 is 15.9 Å². The average Bonchev–Trinajstić information content (AvgIpc) is 2.24. The zero-order chi connectivity index (χ0) is 12.2. The molecule has 0 bridgehead atoms. The molecular weight excluding hydrogens is 273 g/mol. The molecule has 90 valence electrons. The van der Waals surface area contributed by atoms with E-state index in [2.05, 4.69) is 15.9 Å². The standard InChI is InChI=1S/C12H17BrFNO/c1-3-12(15,8-16-2)7-9-4-5-11(14)10(13)6-9/h4-6H,3,7-8,15H2,1-2H3. The van der Waals surface area contributed by atoms with Crippen molar-refractivity contribution in [2.24, 2.45) is 5.73 Å². The van der Waals surface area contributed by atoms with Gasteiger partial charge < -0.3 is 10.5 Å². The molecule has 0 aromatic heterocycles. The van der Waals surface area contributed by atoms with E-state index < -0.39 is 0 Å². The predicted octanol–water partition coefficient (Wildman–Crippen LogP) is 2.88. The van der Waals surface area contributed by atoms with Crippen molar-refractivity contribution in [1.82, 2.24) is 0 Å². The molecule has 1 atom stereocenters. The van der Waals surface area contributed by atoms with Gasteiger partial charge in [0.2, 0.25) is 0 Å². The summed E-state index contributed by atoms with van der Waals surface area (Å²) in [5, 5.41) is 0. The lowest BCUT2D eigenvalue weighted by atomic mass is 9.90. The zero-order valence-electron chi connectivity index (χ0n) is 9.59. The second-order valence-electron chi connectivity index (χ2n) is 4.07. The highest BCUT2D eigenvalue weighted by atomic mass is 79.9. The average molecular weight is 290 g/mol. The molecule has 0 heterocycles. The van der Waals surface area contributed by atoms with Crippen molar-refractivity contribution in [3.63, 3.8) is 0 Å². The third-order valence-corrected chi connectivity index (χ3v) is 3.28. The van der Waals surface area contributed by atoms with Crippen LogP contribution in [0.4, 0.5) is 4.39 Å². The first-order valence-corrected chi connectivity index (χ1v) is 6.02. The van der Waals surface area contributed by atoms with Gasteiger partial charge in [0.05, 0.1) is 11.1 Å². The minimum absolute atomic E-state index is 0.255. The maximum absolute atomic E-state index is 13.1. The number of hydrogen-bond acceptors (Lipinski definition) is 2. The van der Waals surface area contributed by atoms with Crippen LogP contribution in [-0.4, -0.2) is 19.3 Å². The second kappa shape index (κ2) is 5.75. The van der Waals surface area contributed by atoms with Crippen LogP contribution in [0.2, 0.25) is 0 Å². The van der Waals surface area contributed by atoms with Crippen molar-refractivity contribution in [2.45, 2.75) is 25.3 Å². The summed E-state index contributed by atoms with van der Waals surface area (Å²) in [6.45, 7) is 2.52. The molecule has 0 amide bonds. The fraction of sp³-hybridized carbons (Fsp3) is 0.500. The monoisotopic (exact) mass is 289 g/mol. The maximum Gasteiger partial charge on any atom is 0.137 e. The fourth-order valence-electron chi connectivity index (χ4n) is 1.62. The summed E-state index contributed by atoms with van der Waals surface area (Å²) in [6.07, 6.45) is 1.49. The van der Waals surface area contributed by atoms with Crippen LogP contribution in [0.5, 0.6) is 0 Å². The normalized spacial score (nSPS) is 14.8. The molecule has 16 heavy (non-hydrogen) atoms. The largest absolute Gasteiger partial charge is 0.383 e. The molecule has 0 aliphatic rings. The minimum atomic E-state index is -0.383. The van der Waals surface area contributed by atoms with E-state index in [1.807, 2.05) is 6.92 Å². The van der Waals surface area contributed by atoms with Gasteiger partial charge >= 0.3 is 0 Å². The van der Waals surface area contributed by atoms with Crippen molar-refractivity contribution in [1.29, 1.82) is 0 Å². The van der Waals surface area contributed by atoms with E-state index in [4.69, 9.17) is 10.5 Å². The highest BCUT2D eigenvalue weighted by Gasteiger charge is 2.23. The Morgan fingerprint density at radius 1 is 1.50 bits per heavy atom. The third-order valence-electron chi connectivity index (χ3n) is 2.68. The molecule has 4 heteroatoms. The Morgan fingerprint density at radius 2 is 2.19 bits per heavy atom. The van der Waals surface area contributed by atoms with Crippen LogP contribution in [0.3, 0.4) is 0 Å². The fourth-order valence-corrected chi connectivity index (χ4v) is 2.05. The lowest BCUT2D eigenvalue weighted by molar-refractivity contribution is 0.129. The van der Waals surface area contributed by atoms with E-state index in [0.29, 0.717) is 17.5 Å². The lowest BCUT2D eigenvalue weighted by Gasteiger charge is -2.27. The van der Waals surface area contributed by atoms with Crippen molar-refractivity contribution in [3.8, 4) is 0 Å². The lowest BCUT2D eigenvalue weighted by Crippen LogP contribution is -2.45. The quantitative estimate of drug-likeness (QED) is 0.905. The van der Waals surface area contributed by atoms with Gasteiger partial charge in [-0.25, -0.2) is 4.39 Å². The SMILES string of the molecule is CCC(N)(COC)Cc1ccc(F)c(Br)c1. The van der Waals surface area contributed by atoms with Gasteiger partial charge in [-0.15, -0.1) is 0 Å². The third kappa shape index (κ3) is 3.54. The van der Waals surface area contributed by atoms with Crippen LogP contribution >= 0.6 is 15.9 Å². The number of ether oxygens (including phenoxy) is 1. The number of nitrogens with two attached hydrogens (primary N) is 1. The van der Waals surface area contributed by atoms with Gasteiger partial charge in [-0.05, 0) is 46.5 Å². The first kappa shape index (κ1) is 13.6. The van der Waals surface area contributed by atoms with E-state index >= 15 is 0 Å². The molecule has 0 aliphatic carbocycles. The van der Waals surface area contributed by atoms with Gasteiger partial charge in [0.25, 0.3) is 0 Å². The van der Waals surface area contributed by atoms with Gasteiger partial charge in [-0.3, -0.25) is 0 Å². The number of hydrogen-bond donors (Lipinski definition) is 1. The summed E-state index contributed by atoms with van der Waals surface area (Å²) in [5.41, 5.74) is 6.82. The highest BCUT2D eigenvalue weighted by molar-refractivity contribution is 9.10. The smallest absolute Gasteiger partial charge is 0.137 e. The molecule has 0 radical (unpaired) electrons. The van der Waals surface area contributed by atoms with Crippen LogP contribution in [0.1, 0.15) is 18.9 Å². The van der Waals surface area contributed by atoms with Crippen molar-refractivity contribution < 1.29 is 9.13 Å². The molecule has 0 saturated heterocycles. The molecule has 2 N–H and O–H groups in total. The summed E-state index contributed by atoms with van der Waals surface area (Å²) in [4.78, 5) is 0. The molecular formula is C12H17BrFNO. The number of halogens is 2. The van der Waals surface area contributed by atoms with Crippen LogP contribution < -0.4 is 5.73 Å². The van der Waals surface area contributed by atoms with Gasteiger partial charge in [0, 0.05) is 12.6 Å². The topological polar surface area (TPSA) is 35.2 Å². The van der Waals surface area contributed by atoms with E-state index in [1.54, 1.807) is 19.2 Å². The first-order chi connectivity index (χ1) is 7.50. The van der Waals surface area contributed by atoms with E-state index in [0.717, 1.165) is 12.0 Å². The first-order valence-electron chi connectivity index (χ1n) is 5.22. The summed E-state index contributed by atoms with van der Waals surface area (Å²) >= 11 is 3.17. The summed E-state index contributed by atoms with van der Waals surface area (Å²) < 4.78 is 18.6. The van der Waals surface area contributed by atoms with E-state index in [9.17, 15) is 4.39 Å². The summed E-state index contributed by atoms with van der Waals surface area (Å²) in [7, 11) is 1.64. The number of benzene rings is 1. The van der Waals surface area contributed by atoms with Crippen molar-refractivity contribution in [2.75, 3.05) is 13.7 Å². The van der Waals surface area contributed by atoms with Crippen LogP contribution in [0, 0.1) is 5.82 Å². The maximum atomic E-state index is 13.1. The summed E-state index contributed by atoms with van der Waals surface area (Å²) in [6, 6.07) is 4.97. The number of rotatable bonds is 5. The molecule has 0 aliphatic heterocycles. The Bertz CT molecular complexity index is 359. The molecule has 1 aromatic rings. The van der Waals surface area contributed by atoms with Crippen LogP contribution in [0.15, 0.2) is 22.7 Å². The molecule has 0 spiro atoms. The van der Waals surface area contributed by atoms with E-state index in [1.165, 1.54) is 6.07 Å². The molecule has 0 fully saturated rings. The molecule has 1 aromatic carbocycles. The van der Waals surface area contributed by atoms with Crippen LogP contribution in [0.25, 0.3) is 0 Å². The van der Waals surface area contributed by atoms with Gasteiger partial charge in [-0.1, -0.05) is 13.0 Å². The highest BCUT2D eigenvalue weighted by Crippen LogP contribution is 2.21.